The van der Waals surface area contributed by atoms with E-state index in [0.29, 0.717) is 0 Å². The first-order valence-corrected chi connectivity index (χ1v) is 2.67. The van der Waals surface area contributed by atoms with E-state index < -0.39 is 0 Å². The second-order valence-electron chi connectivity index (χ2n) is 1.85. The zero-order chi connectivity index (χ0) is 4.41. The number of hydrogen-bond donors (Lipinski definition) is 1. The van der Waals surface area contributed by atoms with Gasteiger partial charge in [0.1, 0.15) is 0 Å². The van der Waals surface area contributed by atoms with Gasteiger partial charge in [-0.3, -0.25) is 0 Å². The Morgan fingerprint density at radius 3 is 2.50 bits per heavy atom. The van der Waals surface area contributed by atoms with E-state index in [4.69, 9.17) is 0 Å². The van der Waals surface area contributed by atoms with Gasteiger partial charge in [-0.25, -0.2) is 0 Å². The molecule has 0 radical (unpaired) electrons. The first-order valence-electron chi connectivity index (χ1n) is 2.67. The molecule has 1 rings (SSSR count). The summed E-state index contributed by atoms with van der Waals surface area (Å²) in [7, 11) is 0. The highest BCUT2D eigenvalue weighted by molar-refractivity contribution is 4.74. The van der Waals surface area contributed by atoms with Crippen LogP contribution >= 0.6 is 0 Å². The van der Waals surface area contributed by atoms with Crippen molar-refractivity contribution in [3.63, 3.8) is 0 Å². The van der Waals surface area contributed by atoms with Gasteiger partial charge >= 0.3 is 0 Å². The van der Waals surface area contributed by atoms with Crippen molar-refractivity contribution in [1.29, 1.82) is 0 Å². The van der Waals surface area contributed by atoms with E-state index >= 15 is 0 Å². The molecule has 0 amide bonds. The maximum Gasteiger partial charge on any atom is 0.00765 e. The first kappa shape index (κ1) is 4.13. The molecule has 1 atom stereocenters. The lowest BCUT2D eigenvalue weighted by Crippen LogP contribution is -2.41. The molecule has 1 aliphatic rings. The van der Waals surface area contributed by atoms with E-state index in [9.17, 15) is 0 Å². The van der Waals surface area contributed by atoms with Crippen LogP contribution in [-0.4, -0.2) is 12.6 Å². The zero-order valence-corrected chi connectivity index (χ0v) is 4.20. The minimum absolute atomic E-state index is 0.866. The van der Waals surface area contributed by atoms with Crippen molar-refractivity contribution in [1.82, 2.24) is 5.32 Å². The summed E-state index contributed by atoms with van der Waals surface area (Å²) in [5.41, 5.74) is 0. The molecule has 0 aromatic rings. The number of rotatable bonds is 1. The fourth-order valence-corrected chi connectivity index (χ4v) is 0.697. The lowest BCUT2D eigenvalue weighted by molar-refractivity contribution is 0.362. The molecule has 1 nitrogen and oxygen atoms in total. The maximum atomic E-state index is 3.30. The van der Waals surface area contributed by atoms with Crippen molar-refractivity contribution in [2.75, 3.05) is 6.54 Å². The van der Waals surface area contributed by atoms with Gasteiger partial charge in [0, 0.05) is 6.04 Å². The molecule has 0 saturated carbocycles. The standard InChI is InChI=1S/C5H11N/c1-2-5-3-4-6-5/h5-6H,2-4H2,1H3/t5-/m1/s1. The molecule has 1 heteroatoms. The number of nitrogens with one attached hydrogen (secondary N) is 1. The lowest BCUT2D eigenvalue weighted by Gasteiger charge is -2.25. The van der Waals surface area contributed by atoms with Crippen LogP contribution in [0.25, 0.3) is 0 Å². The summed E-state index contributed by atoms with van der Waals surface area (Å²) in [5, 5.41) is 3.30. The normalized spacial score (nSPS) is 32.5. The van der Waals surface area contributed by atoms with Gasteiger partial charge in [0.05, 0.1) is 0 Å². The molecule has 0 spiro atoms. The van der Waals surface area contributed by atoms with E-state index in [1.165, 1.54) is 19.4 Å². The molecule has 0 bridgehead atoms. The minimum Gasteiger partial charge on any atom is -0.314 e. The molecule has 0 aromatic heterocycles. The predicted octanol–water partition coefficient (Wildman–Crippen LogP) is 0.758. The molecule has 1 heterocycles. The SMILES string of the molecule is CC[C@@H]1CCN1. The van der Waals surface area contributed by atoms with Gasteiger partial charge in [-0.2, -0.15) is 0 Å². The van der Waals surface area contributed by atoms with Crippen LogP contribution in [-0.2, 0) is 0 Å². The molecule has 0 aliphatic carbocycles. The highest BCUT2D eigenvalue weighted by Crippen LogP contribution is 2.03. The fraction of sp³-hybridized carbons (Fsp3) is 1.00. The molecular weight excluding hydrogens is 74.1 g/mol. The highest BCUT2D eigenvalue weighted by Gasteiger charge is 2.11. The van der Waals surface area contributed by atoms with Crippen molar-refractivity contribution in [3.05, 3.63) is 0 Å². The Bertz CT molecular complexity index is 36.4. The van der Waals surface area contributed by atoms with Gasteiger partial charge in [-0.1, -0.05) is 6.92 Å². The zero-order valence-electron chi connectivity index (χ0n) is 4.20. The Kier molecular flexibility index (Phi) is 1.10. The van der Waals surface area contributed by atoms with E-state index in [1.54, 1.807) is 0 Å². The Morgan fingerprint density at radius 1 is 1.83 bits per heavy atom. The van der Waals surface area contributed by atoms with E-state index in [2.05, 4.69) is 12.2 Å². The van der Waals surface area contributed by atoms with Crippen molar-refractivity contribution in [2.24, 2.45) is 0 Å². The van der Waals surface area contributed by atoms with Crippen LogP contribution < -0.4 is 5.32 Å². The van der Waals surface area contributed by atoms with Crippen molar-refractivity contribution < 1.29 is 0 Å². The second-order valence-corrected chi connectivity index (χ2v) is 1.85. The topological polar surface area (TPSA) is 12.0 Å². The van der Waals surface area contributed by atoms with E-state index in [0.717, 1.165) is 6.04 Å². The van der Waals surface area contributed by atoms with E-state index in [-0.39, 0.29) is 0 Å². The molecule has 1 N–H and O–H groups in total. The maximum absolute atomic E-state index is 3.30. The lowest BCUT2D eigenvalue weighted by atomic mass is 10.1. The summed E-state index contributed by atoms with van der Waals surface area (Å²) >= 11 is 0. The molecule has 0 unspecified atom stereocenters. The fourth-order valence-electron chi connectivity index (χ4n) is 0.697. The predicted molar refractivity (Wildman–Crippen MR) is 26.7 cm³/mol. The van der Waals surface area contributed by atoms with Crippen LogP contribution in [0.2, 0.25) is 0 Å². The Morgan fingerprint density at radius 2 is 2.50 bits per heavy atom. The monoisotopic (exact) mass is 85.1 g/mol. The quantitative estimate of drug-likeness (QED) is 0.495. The van der Waals surface area contributed by atoms with Crippen molar-refractivity contribution in [3.8, 4) is 0 Å². The Balaban J connectivity index is 2.01. The largest absolute Gasteiger partial charge is 0.314 e. The molecule has 0 aromatic carbocycles. The van der Waals surface area contributed by atoms with E-state index in [1.807, 2.05) is 0 Å². The van der Waals surface area contributed by atoms with Gasteiger partial charge in [-0.15, -0.1) is 0 Å². The summed E-state index contributed by atoms with van der Waals surface area (Å²) in [4.78, 5) is 0. The van der Waals surface area contributed by atoms with Gasteiger partial charge in [-0.05, 0) is 19.4 Å². The number of hydrogen-bond acceptors (Lipinski definition) is 1. The third-order valence-electron chi connectivity index (χ3n) is 1.42. The van der Waals surface area contributed by atoms with Gasteiger partial charge < -0.3 is 5.32 Å². The van der Waals surface area contributed by atoms with Crippen LogP contribution in [0.3, 0.4) is 0 Å². The Labute approximate surface area is 38.7 Å². The van der Waals surface area contributed by atoms with Gasteiger partial charge in [0.25, 0.3) is 0 Å². The van der Waals surface area contributed by atoms with Crippen molar-refractivity contribution >= 4 is 0 Å². The minimum atomic E-state index is 0.866. The molecule has 1 fully saturated rings. The summed E-state index contributed by atoms with van der Waals surface area (Å²) < 4.78 is 0. The summed E-state index contributed by atoms with van der Waals surface area (Å²) in [6.45, 7) is 3.47. The third kappa shape index (κ3) is 0.548. The average molecular weight is 85.2 g/mol. The summed E-state index contributed by atoms with van der Waals surface area (Å²) in [6, 6.07) is 0.866. The van der Waals surface area contributed by atoms with Crippen LogP contribution in [0, 0.1) is 0 Å². The highest BCUT2D eigenvalue weighted by atomic mass is 15.0. The molecule has 1 saturated heterocycles. The first-order chi connectivity index (χ1) is 2.93. The third-order valence-corrected chi connectivity index (χ3v) is 1.42. The second kappa shape index (κ2) is 1.61. The van der Waals surface area contributed by atoms with Crippen LogP contribution in [0.15, 0.2) is 0 Å². The van der Waals surface area contributed by atoms with Crippen molar-refractivity contribution in [2.45, 2.75) is 25.8 Å². The van der Waals surface area contributed by atoms with Gasteiger partial charge in [0.2, 0.25) is 0 Å². The van der Waals surface area contributed by atoms with Crippen LogP contribution in [0.1, 0.15) is 19.8 Å². The smallest absolute Gasteiger partial charge is 0.00765 e. The summed E-state index contributed by atoms with van der Waals surface area (Å²) in [5.74, 6) is 0. The van der Waals surface area contributed by atoms with Gasteiger partial charge in [0.15, 0.2) is 0 Å². The molecular formula is C5H11N. The van der Waals surface area contributed by atoms with Crippen LogP contribution in [0.4, 0.5) is 0 Å². The Hall–Kier alpha value is -0.0400. The summed E-state index contributed by atoms with van der Waals surface area (Å²) in [6.07, 6.45) is 2.70. The molecule has 36 valence electrons. The molecule has 6 heavy (non-hydrogen) atoms. The van der Waals surface area contributed by atoms with Crippen LogP contribution in [0.5, 0.6) is 0 Å². The average Bonchev–Trinajstić information content (AvgIpc) is 1.31. The molecule has 1 aliphatic heterocycles.